The average Bonchev–Trinajstić information content (AvgIpc) is 3.10. The Morgan fingerprint density at radius 1 is 1.38 bits per heavy atom. The number of hydrogen-bond acceptors (Lipinski definition) is 6. The molecular weight excluding hydrogens is 334 g/mol. The van der Waals surface area contributed by atoms with E-state index in [2.05, 4.69) is 23.4 Å². The maximum Gasteiger partial charge on any atom is 0.279 e. The molecule has 10 heteroatoms. The van der Waals surface area contributed by atoms with E-state index in [9.17, 15) is 8.42 Å². The first-order valence-electron chi connectivity index (χ1n) is 5.98. The Labute approximate surface area is 129 Å². The Morgan fingerprint density at radius 3 is 2.90 bits per heavy atom. The molecule has 0 saturated carbocycles. The molecule has 110 valence electrons. The summed E-state index contributed by atoms with van der Waals surface area (Å²) >= 11 is 7.06. The predicted octanol–water partition coefficient (Wildman–Crippen LogP) is 2.43. The van der Waals surface area contributed by atoms with Crippen LogP contribution in [0, 0.1) is 0 Å². The molecule has 0 spiro atoms. The van der Waals surface area contributed by atoms with E-state index in [0.717, 1.165) is 11.7 Å². The van der Waals surface area contributed by atoms with Crippen molar-refractivity contribution >= 4 is 50.1 Å². The van der Waals surface area contributed by atoms with Crippen LogP contribution in [0.3, 0.4) is 0 Å². The third-order valence-corrected chi connectivity index (χ3v) is 4.96. The molecule has 0 bridgehead atoms. The number of sulfonamides is 1. The van der Waals surface area contributed by atoms with Gasteiger partial charge in [0.2, 0.25) is 0 Å². The number of halogens is 1. The van der Waals surface area contributed by atoms with E-state index in [0.29, 0.717) is 23.3 Å². The number of imidazole rings is 1. The molecule has 0 aliphatic carbocycles. The van der Waals surface area contributed by atoms with E-state index in [1.54, 1.807) is 12.1 Å². The van der Waals surface area contributed by atoms with Gasteiger partial charge in [0.05, 0.1) is 28.6 Å². The van der Waals surface area contributed by atoms with E-state index in [1.165, 1.54) is 6.20 Å². The van der Waals surface area contributed by atoms with Gasteiger partial charge in [-0.1, -0.05) is 18.5 Å². The molecular formula is C11H10ClN5O2S2. The smallest absolute Gasteiger partial charge is 0.279 e. The summed E-state index contributed by atoms with van der Waals surface area (Å²) in [6.07, 6.45) is 1.89. The van der Waals surface area contributed by atoms with Crippen LogP contribution < -0.4 is 4.72 Å². The van der Waals surface area contributed by atoms with Gasteiger partial charge in [-0.3, -0.25) is 4.72 Å². The molecule has 0 amide bonds. The number of nitrogens with zero attached hydrogens (tertiary/aromatic N) is 3. The standard InChI is InChI=1S/C11H10ClN5O2S2/c1-2-8-13-5-9(14-8)21(18,19)17-10-6(12)3-4-7-11(10)16-20-15-7/h3-5,17H,2H2,1H3,(H,13,14). The van der Waals surface area contributed by atoms with Crippen LogP contribution in [0.1, 0.15) is 12.7 Å². The first-order valence-corrected chi connectivity index (χ1v) is 8.58. The molecule has 0 saturated heterocycles. The molecule has 3 aromatic rings. The summed E-state index contributed by atoms with van der Waals surface area (Å²) in [7, 11) is -3.81. The molecule has 7 nitrogen and oxygen atoms in total. The number of benzene rings is 1. The summed E-state index contributed by atoms with van der Waals surface area (Å²) in [4.78, 5) is 6.73. The Morgan fingerprint density at radius 2 is 2.19 bits per heavy atom. The molecule has 0 atom stereocenters. The van der Waals surface area contributed by atoms with E-state index >= 15 is 0 Å². The third-order valence-electron chi connectivity index (χ3n) is 2.84. The Hall–Kier alpha value is -1.71. The molecule has 0 fully saturated rings. The molecule has 2 aromatic heterocycles. The number of fused-ring (bicyclic) bond motifs is 1. The van der Waals surface area contributed by atoms with Crippen LogP contribution >= 0.6 is 23.3 Å². The van der Waals surface area contributed by atoms with E-state index in [-0.39, 0.29) is 15.7 Å². The van der Waals surface area contributed by atoms with E-state index < -0.39 is 10.0 Å². The highest BCUT2D eigenvalue weighted by atomic mass is 35.5. The first kappa shape index (κ1) is 14.2. The second-order valence-electron chi connectivity index (χ2n) is 4.21. The second kappa shape index (κ2) is 5.24. The van der Waals surface area contributed by atoms with Crippen LogP contribution in [0.25, 0.3) is 11.0 Å². The predicted molar refractivity (Wildman–Crippen MR) is 81.2 cm³/mol. The summed E-state index contributed by atoms with van der Waals surface area (Å²) in [6, 6.07) is 3.26. The Bertz CT molecular complexity index is 902. The number of aryl methyl sites for hydroxylation is 1. The lowest BCUT2D eigenvalue weighted by Crippen LogP contribution is -2.14. The number of H-pyrrole nitrogens is 1. The first-order chi connectivity index (χ1) is 10.0. The summed E-state index contributed by atoms with van der Waals surface area (Å²) in [5, 5.41) is 0.240. The van der Waals surface area contributed by atoms with E-state index in [4.69, 9.17) is 11.6 Å². The van der Waals surface area contributed by atoms with Crippen molar-refractivity contribution < 1.29 is 8.42 Å². The van der Waals surface area contributed by atoms with Crippen molar-refractivity contribution in [2.24, 2.45) is 0 Å². The van der Waals surface area contributed by atoms with Gasteiger partial charge in [-0.15, -0.1) is 0 Å². The Balaban J connectivity index is 2.04. The van der Waals surface area contributed by atoms with Gasteiger partial charge in [-0.05, 0) is 12.1 Å². The molecule has 0 radical (unpaired) electrons. The van der Waals surface area contributed by atoms with Crippen molar-refractivity contribution in [2.45, 2.75) is 18.4 Å². The van der Waals surface area contributed by atoms with Crippen molar-refractivity contribution in [2.75, 3.05) is 4.72 Å². The van der Waals surface area contributed by atoms with Crippen molar-refractivity contribution in [3.05, 3.63) is 29.2 Å². The number of rotatable bonds is 4. The summed E-state index contributed by atoms with van der Waals surface area (Å²) in [5.41, 5.74) is 1.22. The minimum atomic E-state index is -3.81. The van der Waals surface area contributed by atoms with Crippen LogP contribution in [-0.4, -0.2) is 27.1 Å². The van der Waals surface area contributed by atoms with Gasteiger partial charge >= 0.3 is 0 Å². The average molecular weight is 344 g/mol. The van der Waals surface area contributed by atoms with Crippen molar-refractivity contribution in [3.8, 4) is 0 Å². The van der Waals surface area contributed by atoms with Gasteiger partial charge in [-0.25, -0.2) is 4.98 Å². The zero-order valence-electron chi connectivity index (χ0n) is 10.8. The van der Waals surface area contributed by atoms with Crippen molar-refractivity contribution in [1.29, 1.82) is 0 Å². The van der Waals surface area contributed by atoms with Gasteiger partial charge in [0.1, 0.15) is 16.9 Å². The maximum atomic E-state index is 12.4. The lowest BCUT2D eigenvalue weighted by Gasteiger charge is -2.08. The highest BCUT2D eigenvalue weighted by molar-refractivity contribution is 7.92. The number of hydrogen-bond donors (Lipinski definition) is 2. The normalized spacial score (nSPS) is 11.9. The Kier molecular flexibility index (Phi) is 3.56. The molecule has 2 N–H and O–H groups in total. The van der Waals surface area contributed by atoms with Crippen LogP contribution in [0.15, 0.2) is 23.4 Å². The minimum Gasteiger partial charge on any atom is -0.332 e. The highest BCUT2D eigenvalue weighted by Gasteiger charge is 2.21. The fraction of sp³-hybridized carbons (Fsp3) is 0.182. The van der Waals surface area contributed by atoms with Crippen LogP contribution in [0.2, 0.25) is 5.02 Å². The van der Waals surface area contributed by atoms with Gasteiger partial charge < -0.3 is 4.98 Å². The molecule has 3 rings (SSSR count). The molecule has 0 aliphatic rings. The fourth-order valence-electron chi connectivity index (χ4n) is 1.77. The van der Waals surface area contributed by atoms with Crippen LogP contribution in [0.4, 0.5) is 5.69 Å². The molecule has 2 heterocycles. The molecule has 0 aliphatic heterocycles. The zero-order chi connectivity index (χ0) is 15.0. The SMILES string of the molecule is CCc1ncc(S(=O)(=O)Nc2c(Cl)ccc3nsnc23)[nH]1. The minimum absolute atomic E-state index is 0.0180. The molecule has 0 unspecified atom stereocenters. The number of nitrogens with one attached hydrogen (secondary N) is 2. The third kappa shape index (κ3) is 2.59. The number of aromatic amines is 1. The monoisotopic (exact) mass is 343 g/mol. The van der Waals surface area contributed by atoms with Crippen molar-refractivity contribution in [3.63, 3.8) is 0 Å². The zero-order valence-corrected chi connectivity index (χ0v) is 13.2. The number of anilines is 1. The highest BCUT2D eigenvalue weighted by Crippen LogP contribution is 2.31. The quantitative estimate of drug-likeness (QED) is 0.757. The lowest BCUT2D eigenvalue weighted by atomic mass is 10.3. The van der Waals surface area contributed by atoms with Gasteiger partial charge in [0, 0.05) is 6.42 Å². The van der Waals surface area contributed by atoms with Crippen molar-refractivity contribution in [1.82, 2.24) is 18.7 Å². The summed E-state index contributed by atoms with van der Waals surface area (Å²) < 4.78 is 35.3. The molecule has 21 heavy (non-hydrogen) atoms. The van der Waals surface area contributed by atoms with Gasteiger partial charge in [0.25, 0.3) is 10.0 Å². The summed E-state index contributed by atoms with van der Waals surface area (Å²) in [5.74, 6) is 0.593. The topological polar surface area (TPSA) is 101 Å². The largest absolute Gasteiger partial charge is 0.332 e. The number of aromatic nitrogens is 4. The van der Waals surface area contributed by atoms with Crippen LogP contribution in [0.5, 0.6) is 0 Å². The fourth-order valence-corrected chi connectivity index (χ4v) is 3.60. The second-order valence-corrected chi connectivity index (χ2v) is 6.79. The summed E-state index contributed by atoms with van der Waals surface area (Å²) in [6.45, 7) is 1.88. The lowest BCUT2D eigenvalue weighted by molar-refractivity contribution is 0.598. The van der Waals surface area contributed by atoms with E-state index in [1.807, 2.05) is 6.92 Å². The van der Waals surface area contributed by atoms with Gasteiger partial charge in [0.15, 0.2) is 5.03 Å². The van der Waals surface area contributed by atoms with Gasteiger partial charge in [-0.2, -0.15) is 17.2 Å². The maximum absolute atomic E-state index is 12.4. The molecule has 1 aromatic carbocycles. The van der Waals surface area contributed by atoms with Crippen LogP contribution in [-0.2, 0) is 16.4 Å².